The maximum absolute atomic E-state index is 13.7. The molecule has 4 nitrogen and oxygen atoms in total. The van der Waals surface area contributed by atoms with Crippen LogP contribution in [0.4, 0.5) is 5.69 Å². The number of halogens is 1. The van der Waals surface area contributed by atoms with Gasteiger partial charge >= 0.3 is 0 Å². The maximum Gasteiger partial charge on any atom is 0.196 e. The van der Waals surface area contributed by atoms with Crippen molar-refractivity contribution in [2.45, 2.75) is 38.8 Å². The number of aryl methyl sites for hydroxylation is 1. The molecule has 2 atom stereocenters. The standard InChI is InChI=1S/C29H23ClN2O2/c1-14-8-11-21-19(12-14)24(30)26-22-17-9-10-18-23(25(17)31-29(2,3)20(22)13-32(21)26)28(34)16-7-5-4-6-15(16)27(18)33/h4-12,20,22,31H,13H2,1-3H3/t20-,22-/m1/s1. The number of fused-ring (bicyclic) bond motifs is 10. The van der Waals surface area contributed by atoms with E-state index in [4.69, 9.17) is 11.6 Å². The van der Waals surface area contributed by atoms with Crippen molar-refractivity contribution >= 4 is 39.8 Å². The van der Waals surface area contributed by atoms with E-state index in [-0.39, 0.29) is 28.9 Å². The van der Waals surface area contributed by atoms with Gasteiger partial charge in [0, 0.05) is 57.2 Å². The lowest BCUT2D eigenvalue weighted by molar-refractivity contribution is 0.0979. The Kier molecular flexibility index (Phi) is 3.77. The van der Waals surface area contributed by atoms with E-state index in [9.17, 15) is 9.59 Å². The second-order valence-electron chi connectivity index (χ2n) is 10.4. The Morgan fingerprint density at radius 1 is 0.971 bits per heavy atom. The fraction of sp³-hybridized carbons (Fsp3) is 0.241. The summed E-state index contributed by atoms with van der Waals surface area (Å²) in [6.07, 6.45) is 0. The number of anilines is 1. The summed E-state index contributed by atoms with van der Waals surface area (Å²) >= 11 is 7.05. The van der Waals surface area contributed by atoms with E-state index in [1.807, 2.05) is 18.2 Å². The van der Waals surface area contributed by atoms with Crippen molar-refractivity contribution in [2.75, 3.05) is 5.32 Å². The highest BCUT2D eigenvalue weighted by atomic mass is 35.5. The minimum absolute atomic E-state index is 0.0387. The molecule has 0 amide bonds. The minimum Gasteiger partial charge on any atom is -0.379 e. The van der Waals surface area contributed by atoms with Crippen LogP contribution in [0.15, 0.2) is 54.6 Å². The van der Waals surface area contributed by atoms with Crippen LogP contribution < -0.4 is 5.32 Å². The molecule has 1 aliphatic carbocycles. The van der Waals surface area contributed by atoms with Gasteiger partial charge in [0.05, 0.1) is 16.3 Å². The van der Waals surface area contributed by atoms with Gasteiger partial charge in [-0.3, -0.25) is 9.59 Å². The van der Waals surface area contributed by atoms with Crippen LogP contribution >= 0.6 is 11.6 Å². The highest BCUT2D eigenvalue weighted by Crippen LogP contribution is 2.56. The maximum atomic E-state index is 13.7. The first-order chi connectivity index (χ1) is 16.3. The largest absolute Gasteiger partial charge is 0.379 e. The number of rotatable bonds is 0. The first-order valence-corrected chi connectivity index (χ1v) is 12.1. The van der Waals surface area contributed by atoms with Gasteiger partial charge in [-0.15, -0.1) is 0 Å². The predicted molar refractivity (Wildman–Crippen MR) is 134 cm³/mol. The molecule has 0 bridgehead atoms. The van der Waals surface area contributed by atoms with Crippen LogP contribution in [0.5, 0.6) is 0 Å². The Labute approximate surface area is 202 Å². The third-order valence-corrected chi connectivity index (χ3v) is 8.50. The number of hydrogen-bond donors (Lipinski definition) is 1. The van der Waals surface area contributed by atoms with Gasteiger partial charge in [0.15, 0.2) is 11.6 Å². The van der Waals surface area contributed by atoms with Gasteiger partial charge in [-0.2, -0.15) is 0 Å². The molecule has 0 saturated heterocycles. The van der Waals surface area contributed by atoms with Crippen LogP contribution in [0.2, 0.25) is 5.02 Å². The summed E-state index contributed by atoms with van der Waals surface area (Å²) in [5.41, 5.74) is 6.89. The Balaban J connectivity index is 1.51. The van der Waals surface area contributed by atoms with Gasteiger partial charge in [-0.1, -0.05) is 53.6 Å². The van der Waals surface area contributed by atoms with Crippen molar-refractivity contribution in [3.8, 4) is 0 Å². The highest BCUT2D eigenvalue weighted by molar-refractivity contribution is 6.36. The number of hydrogen-bond acceptors (Lipinski definition) is 3. The lowest BCUT2D eigenvalue weighted by Gasteiger charge is -2.44. The molecule has 3 heterocycles. The summed E-state index contributed by atoms with van der Waals surface area (Å²) in [6, 6.07) is 17.4. The van der Waals surface area contributed by atoms with Gasteiger partial charge in [-0.05, 0) is 44.5 Å². The lowest BCUT2D eigenvalue weighted by Crippen LogP contribution is -2.46. The first kappa shape index (κ1) is 20.0. The summed E-state index contributed by atoms with van der Waals surface area (Å²) in [6.45, 7) is 7.29. The number of carbonyl (C=O) groups is 2. The minimum atomic E-state index is -0.299. The Morgan fingerprint density at radius 2 is 1.71 bits per heavy atom. The van der Waals surface area contributed by atoms with Crippen LogP contribution in [-0.2, 0) is 6.54 Å². The molecule has 7 rings (SSSR count). The molecule has 2 aliphatic heterocycles. The zero-order valence-electron chi connectivity index (χ0n) is 19.2. The normalized spacial score (nSPS) is 21.4. The average Bonchev–Trinajstić information content (AvgIpc) is 3.34. The molecule has 0 fully saturated rings. The fourth-order valence-corrected chi connectivity index (χ4v) is 6.83. The number of ketones is 2. The van der Waals surface area contributed by atoms with Crippen molar-refractivity contribution in [1.82, 2.24) is 4.57 Å². The molecule has 4 aromatic rings. The van der Waals surface area contributed by atoms with Gasteiger partial charge < -0.3 is 9.88 Å². The number of benzene rings is 3. The second kappa shape index (κ2) is 6.39. The smallest absolute Gasteiger partial charge is 0.196 e. The Hall–Kier alpha value is -3.37. The second-order valence-corrected chi connectivity index (χ2v) is 10.8. The zero-order chi connectivity index (χ0) is 23.5. The molecular formula is C29H23ClN2O2. The third kappa shape index (κ3) is 2.34. The van der Waals surface area contributed by atoms with E-state index in [0.717, 1.165) is 39.4 Å². The molecule has 3 aromatic carbocycles. The first-order valence-electron chi connectivity index (χ1n) is 11.7. The zero-order valence-corrected chi connectivity index (χ0v) is 20.0. The number of nitrogens with one attached hydrogen (secondary N) is 1. The lowest BCUT2D eigenvalue weighted by atomic mass is 9.69. The molecular weight excluding hydrogens is 444 g/mol. The SMILES string of the molecule is Cc1ccc2c(c1)c(Cl)c1n2C[C@@H]2[C@H]1c1ccc3c(c1NC2(C)C)C(=O)c1ccccc1C3=O. The molecule has 1 N–H and O–H groups in total. The van der Waals surface area contributed by atoms with E-state index >= 15 is 0 Å². The molecule has 1 aromatic heterocycles. The van der Waals surface area contributed by atoms with Crippen molar-refractivity contribution < 1.29 is 9.59 Å². The molecule has 34 heavy (non-hydrogen) atoms. The van der Waals surface area contributed by atoms with Crippen LogP contribution in [0.25, 0.3) is 10.9 Å². The molecule has 168 valence electrons. The van der Waals surface area contributed by atoms with Crippen molar-refractivity contribution in [3.05, 3.63) is 98.7 Å². The average molecular weight is 467 g/mol. The summed E-state index contributed by atoms with van der Waals surface area (Å²) < 4.78 is 2.35. The molecule has 5 heteroatoms. The van der Waals surface area contributed by atoms with Gasteiger partial charge in [0.25, 0.3) is 0 Å². The molecule has 0 radical (unpaired) electrons. The van der Waals surface area contributed by atoms with Crippen LogP contribution in [0, 0.1) is 12.8 Å². The predicted octanol–water partition coefficient (Wildman–Crippen LogP) is 6.34. The van der Waals surface area contributed by atoms with E-state index in [2.05, 4.69) is 48.9 Å². The number of aromatic nitrogens is 1. The molecule has 0 spiro atoms. The Morgan fingerprint density at radius 3 is 2.47 bits per heavy atom. The third-order valence-electron chi connectivity index (χ3n) is 8.11. The number of nitrogens with zero attached hydrogens (tertiary/aromatic N) is 1. The fourth-order valence-electron chi connectivity index (χ4n) is 6.46. The highest BCUT2D eigenvalue weighted by Gasteiger charge is 2.50. The van der Waals surface area contributed by atoms with Crippen molar-refractivity contribution in [1.29, 1.82) is 0 Å². The van der Waals surface area contributed by atoms with Crippen LogP contribution in [0.3, 0.4) is 0 Å². The molecule has 0 unspecified atom stereocenters. The number of carbonyl (C=O) groups excluding carboxylic acids is 2. The van der Waals surface area contributed by atoms with E-state index in [0.29, 0.717) is 22.3 Å². The van der Waals surface area contributed by atoms with Crippen LogP contribution in [-0.4, -0.2) is 21.7 Å². The van der Waals surface area contributed by atoms with E-state index in [1.165, 1.54) is 5.56 Å². The summed E-state index contributed by atoms with van der Waals surface area (Å²) in [5, 5.41) is 5.56. The molecule has 0 saturated carbocycles. The quantitative estimate of drug-likeness (QED) is 0.289. The van der Waals surface area contributed by atoms with E-state index in [1.54, 1.807) is 18.2 Å². The van der Waals surface area contributed by atoms with Crippen LogP contribution in [0.1, 0.15) is 68.4 Å². The molecule has 3 aliphatic rings. The summed E-state index contributed by atoms with van der Waals surface area (Å²) in [4.78, 5) is 27.0. The summed E-state index contributed by atoms with van der Waals surface area (Å²) in [5.74, 6) is 0.114. The van der Waals surface area contributed by atoms with Crippen molar-refractivity contribution in [2.24, 2.45) is 5.92 Å². The van der Waals surface area contributed by atoms with Gasteiger partial charge in [0.1, 0.15) is 0 Å². The van der Waals surface area contributed by atoms with Crippen molar-refractivity contribution in [3.63, 3.8) is 0 Å². The Bertz CT molecular complexity index is 1610. The monoisotopic (exact) mass is 466 g/mol. The van der Waals surface area contributed by atoms with Gasteiger partial charge in [-0.25, -0.2) is 0 Å². The van der Waals surface area contributed by atoms with Gasteiger partial charge in [0.2, 0.25) is 0 Å². The topological polar surface area (TPSA) is 51.1 Å². The van der Waals surface area contributed by atoms with E-state index < -0.39 is 0 Å². The summed E-state index contributed by atoms with van der Waals surface area (Å²) in [7, 11) is 0.